The number of methoxy groups -OCH3 is 1. The maximum Gasteiger partial charge on any atom is 0.122 e. The van der Waals surface area contributed by atoms with Crippen LogP contribution in [-0.4, -0.2) is 41.4 Å². The molecule has 3 N–H and O–H groups in total. The van der Waals surface area contributed by atoms with Crippen LogP contribution in [0.4, 0.5) is 0 Å². The Morgan fingerprint density at radius 2 is 1.82 bits per heavy atom. The quantitative estimate of drug-likeness (QED) is 0.411. The van der Waals surface area contributed by atoms with Gasteiger partial charge in [0.1, 0.15) is 11.6 Å². The number of aliphatic hydroxyl groups is 1. The van der Waals surface area contributed by atoms with Crippen molar-refractivity contribution in [1.82, 2.24) is 15.3 Å². The number of aromatic amines is 1. The van der Waals surface area contributed by atoms with Crippen LogP contribution in [0.15, 0.2) is 36.4 Å². The molecule has 5 nitrogen and oxygen atoms in total. The number of rotatable bonds is 6. The number of aliphatic hydroxyl groups excluding tert-OH is 1. The molecular formula is C28H43N3O2. The lowest BCUT2D eigenvalue weighted by Gasteiger charge is -2.10. The van der Waals surface area contributed by atoms with E-state index in [1.807, 2.05) is 6.92 Å². The highest BCUT2D eigenvalue weighted by atomic mass is 16.5. The number of imidazole rings is 1. The van der Waals surface area contributed by atoms with Crippen molar-refractivity contribution >= 4 is 11.0 Å². The lowest BCUT2D eigenvalue weighted by Crippen LogP contribution is -2.24. The topological polar surface area (TPSA) is 70.2 Å². The molecule has 1 atom stereocenters. The summed E-state index contributed by atoms with van der Waals surface area (Å²) < 4.78 is 5.45. The Labute approximate surface area is 200 Å². The van der Waals surface area contributed by atoms with Crippen LogP contribution in [-0.2, 0) is 6.42 Å². The minimum absolute atomic E-state index is 0.306. The summed E-state index contributed by atoms with van der Waals surface area (Å²) in [6.07, 6.45) is 5.82. The number of nitrogens with one attached hydrogen (secondary N) is 2. The molecule has 182 valence electrons. The van der Waals surface area contributed by atoms with Crippen LogP contribution in [0.3, 0.4) is 0 Å². The van der Waals surface area contributed by atoms with Crippen LogP contribution in [0.25, 0.3) is 22.2 Å². The molecule has 0 amide bonds. The van der Waals surface area contributed by atoms with Crippen molar-refractivity contribution in [3.05, 3.63) is 47.8 Å². The minimum atomic E-state index is 0.306. The number of aryl methyl sites for hydroxylation is 2. The molecule has 5 heteroatoms. The van der Waals surface area contributed by atoms with E-state index in [4.69, 9.17) is 9.84 Å². The number of H-pyrrole nitrogens is 1. The van der Waals surface area contributed by atoms with E-state index in [2.05, 4.69) is 79.4 Å². The van der Waals surface area contributed by atoms with E-state index in [1.54, 1.807) is 7.11 Å². The lowest BCUT2D eigenvalue weighted by molar-refractivity contribution is 0.255. The molecule has 2 aromatic carbocycles. The van der Waals surface area contributed by atoms with E-state index in [9.17, 15) is 0 Å². The van der Waals surface area contributed by atoms with Crippen LogP contribution >= 0.6 is 0 Å². The third kappa shape index (κ3) is 8.49. The predicted octanol–water partition coefficient (Wildman–Crippen LogP) is 6.28. The van der Waals surface area contributed by atoms with Gasteiger partial charge in [0.25, 0.3) is 0 Å². The monoisotopic (exact) mass is 453 g/mol. The average Bonchev–Trinajstić information content (AvgIpc) is 3.48. The summed E-state index contributed by atoms with van der Waals surface area (Å²) in [4.78, 5) is 7.74. The molecule has 1 saturated heterocycles. The second kappa shape index (κ2) is 14.0. The smallest absolute Gasteiger partial charge is 0.122 e. The zero-order valence-electron chi connectivity index (χ0n) is 21.4. The average molecular weight is 454 g/mol. The first-order valence-electron chi connectivity index (χ1n) is 12.4. The van der Waals surface area contributed by atoms with E-state index >= 15 is 0 Å². The molecule has 1 aliphatic heterocycles. The SMILES string of the molecule is CCC(C)C.CCCc1cc(-c2ccc3nc(C)[nH]c3c2)ccc1OC.OCC1CCCN1. The zero-order valence-corrected chi connectivity index (χ0v) is 21.4. The van der Waals surface area contributed by atoms with Crippen LogP contribution in [0, 0.1) is 12.8 Å². The second-order valence-corrected chi connectivity index (χ2v) is 9.11. The Morgan fingerprint density at radius 3 is 2.36 bits per heavy atom. The highest BCUT2D eigenvalue weighted by molar-refractivity contribution is 5.82. The molecule has 1 aromatic heterocycles. The molecule has 3 aromatic rings. The second-order valence-electron chi connectivity index (χ2n) is 9.11. The first-order chi connectivity index (χ1) is 15.9. The molecule has 0 spiro atoms. The summed E-state index contributed by atoms with van der Waals surface area (Å²) in [6.45, 7) is 12.2. The number of ether oxygens (including phenoxy) is 1. The normalized spacial score (nSPS) is 15.1. The van der Waals surface area contributed by atoms with Crippen molar-refractivity contribution in [2.75, 3.05) is 20.3 Å². The third-order valence-corrected chi connectivity index (χ3v) is 5.93. The first-order valence-corrected chi connectivity index (χ1v) is 12.4. The van der Waals surface area contributed by atoms with Gasteiger partial charge in [-0.3, -0.25) is 0 Å². The van der Waals surface area contributed by atoms with Gasteiger partial charge in [0.15, 0.2) is 0 Å². The Balaban J connectivity index is 0.000000264. The fourth-order valence-corrected chi connectivity index (χ4v) is 3.65. The molecule has 0 bridgehead atoms. The first kappa shape index (κ1) is 26.9. The van der Waals surface area contributed by atoms with Crippen molar-refractivity contribution in [3.63, 3.8) is 0 Å². The number of hydrogen-bond donors (Lipinski definition) is 3. The van der Waals surface area contributed by atoms with Crippen molar-refractivity contribution in [2.24, 2.45) is 5.92 Å². The van der Waals surface area contributed by atoms with Gasteiger partial charge >= 0.3 is 0 Å². The van der Waals surface area contributed by atoms with Gasteiger partial charge in [-0.05, 0) is 79.6 Å². The molecule has 33 heavy (non-hydrogen) atoms. The van der Waals surface area contributed by atoms with Crippen molar-refractivity contribution in [3.8, 4) is 16.9 Å². The van der Waals surface area contributed by atoms with Gasteiger partial charge in [0, 0.05) is 6.04 Å². The molecule has 2 heterocycles. The molecule has 0 aliphatic carbocycles. The van der Waals surface area contributed by atoms with E-state index in [-0.39, 0.29) is 0 Å². The number of benzene rings is 2. The number of fused-ring (bicyclic) bond motifs is 1. The molecule has 0 saturated carbocycles. The van der Waals surface area contributed by atoms with Gasteiger partial charge in [0.2, 0.25) is 0 Å². The number of aromatic nitrogens is 2. The van der Waals surface area contributed by atoms with E-state index in [0.29, 0.717) is 12.6 Å². The van der Waals surface area contributed by atoms with Crippen LogP contribution in [0.1, 0.15) is 64.8 Å². The van der Waals surface area contributed by atoms with Gasteiger partial charge in [0.05, 0.1) is 24.8 Å². The van der Waals surface area contributed by atoms with Crippen molar-refractivity contribution < 1.29 is 9.84 Å². The zero-order chi connectivity index (χ0) is 24.2. The maximum absolute atomic E-state index is 8.50. The molecule has 1 aliphatic rings. The van der Waals surface area contributed by atoms with Crippen LogP contribution in [0.5, 0.6) is 5.75 Å². The van der Waals surface area contributed by atoms with Gasteiger partial charge in [-0.25, -0.2) is 4.98 Å². The summed E-state index contributed by atoms with van der Waals surface area (Å²) in [5.74, 6) is 2.80. The highest BCUT2D eigenvalue weighted by Crippen LogP contribution is 2.29. The Bertz CT molecular complexity index is 959. The fourth-order valence-electron chi connectivity index (χ4n) is 3.65. The highest BCUT2D eigenvalue weighted by Gasteiger charge is 2.11. The fraction of sp³-hybridized carbons (Fsp3) is 0.536. The lowest BCUT2D eigenvalue weighted by atomic mass is 10.00. The number of hydrogen-bond acceptors (Lipinski definition) is 4. The molecular weight excluding hydrogens is 410 g/mol. The number of nitrogens with zero attached hydrogens (tertiary/aromatic N) is 1. The molecule has 0 radical (unpaired) electrons. The minimum Gasteiger partial charge on any atom is -0.496 e. The Hall–Kier alpha value is -2.37. The summed E-state index contributed by atoms with van der Waals surface area (Å²) >= 11 is 0. The van der Waals surface area contributed by atoms with E-state index < -0.39 is 0 Å². The summed E-state index contributed by atoms with van der Waals surface area (Å²) in [5.41, 5.74) is 5.77. The summed E-state index contributed by atoms with van der Waals surface area (Å²) in [7, 11) is 1.73. The van der Waals surface area contributed by atoms with Gasteiger partial charge < -0.3 is 20.1 Å². The third-order valence-electron chi connectivity index (χ3n) is 5.93. The Kier molecular flexibility index (Phi) is 11.4. The van der Waals surface area contributed by atoms with Gasteiger partial charge in [-0.2, -0.15) is 0 Å². The van der Waals surface area contributed by atoms with Gasteiger partial charge in [-0.15, -0.1) is 0 Å². The van der Waals surface area contributed by atoms with Crippen LogP contribution < -0.4 is 10.1 Å². The standard InChI is InChI=1S/C18H20N2O.C5H11NO.C5H12/c1-4-5-15-10-13(7-9-18(15)21-3)14-6-8-16-17(11-14)20-12(2)19-16;7-4-5-2-1-3-6-5;1-4-5(2)3/h6-11H,4-5H2,1-3H3,(H,19,20);5-7H,1-4H2;5H,4H2,1-3H3. The van der Waals surface area contributed by atoms with Crippen molar-refractivity contribution in [1.29, 1.82) is 0 Å². The molecule has 1 fully saturated rings. The largest absolute Gasteiger partial charge is 0.496 e. The molecule has 4 rings (SSSR count). The molecule has 1 unspecified atom stereocenters. The summed E-state index contributed by atoms with van der Waals surface area (Å²) in [5, 5.41) is 11.7. The summed E-state index contributed by atoms with van der Waals surface area (Å²) in [6, 6.07) is 13.2. The van der Waals surface area contributed by atoms with E-state index in [0.717, 1.165) is 54.3 Å². The maximum atomic E-state index is 8.50. The van der Waals surface area contributed by atoms with Gasteiger partial charge in [-0.1, -0.05) is 52.7 Å². The predicted molar refractivity (Wildman–Crippen MR) is 140 cm³/mol. The van der Waals surface area contributed by atoms with Crippen molar-refractivity contribution in [2.45, 2.75) is 72.8 Å². The Morgan fingerprint density at radius 1 is 1.12 bits per heavy atom. The van der Waals surface area contributed by atoms with E-state index in [1.165, 1.54) is 29.5 Å². The van der Waals surface area contributed by atoms with Crippen LogP contribution in [0.2, 0.25) is 0 Å².